The number of ether oxygens (including phenoxy) is 1. The minimum atomic E-state index is -0.620. The number of carbonyl (C=O) groups excluding carboxylic acids is 2. The van der Waals surface area contributed by atoms with E-state index in [9.17, 15) is 14.0 Å². The molecule has 8 heteroatoms. The summed E-state index contributed by atoms with van der Waals surface area (Å²) in [5.41, 5.74) is 0.416. The molecule has 2 aromatic rings. The zero-order chi connectivity index (χ0) is 19.0. The number of piperidine rings is 1. The van der Waals surface area contributed by atoms with Crippen LogP contribution >= 0.6 is 0 Å². The van der Waals surface area contributed by atoms with Gasteiger partial charge in [-0.05, 0) is 37.1 Å². The molecule has 2 aliphatic heterocycles. The lowest BCUT2D eigenvalue weighted by atomic mass is 9.90. The number of carbonyl (C=O) groups is 2. The van der Waals surface area contributed by atoms with Gasteiger partial charge in [-0.25, -0.2) is 9.37 Å². The van der Waals surface area contributed by atoms with E-state index < -0.39 is 5.60 Å². The number of likely N-dealkylation sites (tertiary alicyclic amines) is 1. The fourth-order valence-corrected chi connectivity index (χ4v) is 3.77. The summed E-state index contributed by atoms with van der Waals surface area (Å²) >= 11 is 0. The van der Waals surface area contributed by atoms with E-state index >= 15 is 0 Å². The summed E-state index contributed by atoms with van der Waals surface area (Å²) in [6.45, 7) is 1.31. The molecule has 142 valence electrons. The average Bonchev–Trinajstić information content (AvgIpc) is 3.11. The largest absolute Gasteiger partial charge is 0.361 e. The molecule has 0 N–H and O–H groups in total. The Hall–Kier alpha value is -2.74. The highest BCUT2D eigenvalue weighted by atomic mass is 19.1. The molecular weight excluding hydrogens is 351 g/mol. The van der Waals surface area contributed by atoms with Crippen molar-refractivity contribution < 1.29 is 18.7 Å². The Labute approximate surface area is 156 Å². The van der Waals surface area contributed by atoms with Crippen LogP contribution in [0.2, 0.25) is 0 Å². The second-order valence-corrected chi connectivity index (χ2v) is 7.18. The van der Waals surface area contributed by atoms with Crippen molar-refractivity contribution >= 4 is 17.5 Å². The number of benzene rings is 1. The summed E-state index contributed by atoms with van der Waals surface area (Å²) < 4.78 is 20.9. The summed E-state index contributed by atoms with van der Waals surface area (Å²) in [6, 6.07) is 5.85. The van der Waals surface area contributed by atoms with E-state index in [4.69, 9.17) is 4.74 Å². The summed E-state index contributed by atoms with van der Waals surface area (Å²) in [7, 11) is 1.82. The van der Waals surface area contributed by atoms with Crippen LogP contribution in [0.5, 0.6) is 0 Å². The zero-order valence-electron chi connectivity index (χ0n) is 15.1. The highest BCUT2D eigenvalue weighted by molar-refractivity contribution is 5.95. The summed E-state index contributed by atoms with van der Waals surface area (Å²) in [5.74, 6) is -0.650. The van der Waals surface area contributed by atoms with E-state index in [-0.39, 0.29) is 24.2 Å². The predicted molar refractivity (Wildman–Crippen MR) is 95.8 cm³/mol. The number of anilines is 1. The highest BCUT2D eigenvalue weighted by Crippen LogP contribution is 2.32. The molecule has 2 aliphatic rings. The van der Waals surface area contributed by atoms with Gasteiger partial charge in [-0.15, -0.1) is 0 Å². The minimum absolute atomic E-state index is 0.0526. The van der Waals surface area contributed by atoms with Gasteiger partial charge in [0.05, 0.1) is 19.4 Å². The van der Waals surface area contributed by atoms with Crippen LogP contribution in [-0.2, 0) is 16.6 Å². The normalized spacial score (nSPS) is 23.1. The van der Waals surface area contributed by atoms with Crippen molar-refractivity contribution in [1.82, 2.24) is 14.5 Å². The van der Waals surface area contributed by atoms with Gasteiger partial charge in [-0.1, -0.05) is 0 Å². The van der Waals surface area contributed by atoms with Gasteiger partial charge in [-0.2, -0.15) is 0 Å². The fourth-order valence-electron chi connectivity index (χ4n) is 3.77. The number of aryl methyl sites for hydroxylation is 1. The molecule has 0 aliphatic carbocycles. The number of nitrogens with zero attached hydrogens (tertiary/aromatic N) is 4. The van der Waals surface area contributed by atoms with Crippen LogP contribution < -0.4 is 4.90 Å². The molecule has 1 atom stereocenters. The van der Waals surface area contributed by atoms with Gasteiger partial charge in [0.15, 0.2) is 0 Å². The Kier molecular flexibility index (Phi) is 4.43. The van der Waals surface area contributed by atoms with Crippen LogP contribution in [-0.4, -0.2) is 58.1 Å². The molecule has 2 saturated heterocycles. The van der Waals surface area contributed by atoms with E-state index in [0.29, 0.717) is 31.0 Å². The first-order valence-corrected chi connectivity index (χ1v) is 8.93. The maximum Gasteiger partial charge on any atom is 0.274 e. The van der Waals surface area contributed by atoms with E-state index in [2.05, 4.69) is 4.98 Å². The van der Waals surface area contributed by atoms with Crippen LogP contribution in [0.1, 0.15) is 23.3 Å². The van der Waals surface area contributed by atoms with Crippen molar-refractivity contribution in [3.05, 3.63) is 48.3 Å². The van der Waals surface area contributed by atoms with Crippen LogP contribution in [0.4, 0.5) is 10.1 Å². The Morgan fingerprint density at radius 1 is 1.26 bits per heavy atom. The Morgan fingerprint density at radius 2 is 2.04 bits per heavy atom. The zero-order valence-corrected chi connectivity index (χ0v) is 15.1. The third-order valence-corrected chi connectivity index (χ3v) is 5.14. The second-order valence-electron chi connectivity index (χ2n) is 7.18. The molecule has 4 rings (SSSR count). The maximum absolute atomic E-state index is 13.2. The molecule has 3 heterocycles. The average molecular weight is 372 g/mol. The van der Waals surface area contributed by atoms with Gasteiger partial charge in [0.1, 0.15) is 23.7 Å². The number of rotatable bonds is 2. The molecule has 0 saturated carbocycles. The molecule has 7 nitrogen and oxygen atoms in total. The van der Waals surface area contributed by atoms with E-state index in [1.165, 1.54) is 12.1 Å². The first kappa shape index (κ1) is 17.7. The van der Waals surface area contributed by atoms with Crippen LogP contribution in [0.25, 0.3) is 0 Å². The minimum Gasteiger partial charge on any atom is -0.361 e. The molecule has 1 aromatic heterocycles. The molecular formula is C19H21FN4O3. The highest BCUT2D eigenvalue weighted by Gasteiger charge is 2.44. The van der Waals surface area contributed by atoms with Crippen LogP contribution in [0, 0.1) is 5.82 Å². The third kappa shape index (κ3) is 3.44. The molecule has 1 spiro atoms. The van der Waals surface area contributed by atoms with Crippen molar-refractivity contribution in [2.75, 3.05) is 31.1 Å². The molecule has 2 amide bonds. The van der Waals surface area contributed by atoms with Gasteiger partial charge in [0, 0.05) is 25.5 Å². The number of hydrogen-bond donors (Lipinski definition) is 0. The van der Waals surface area contributed by atoms with Crippen LogP contribution in [0.3, 0.4) is 0 Å². The SMILES string of the molecule is Cn1cnc(C(=O)N2CCCC3(C2)CN(c2ccc(F)cc2)C(=O)CO3)c1. The topological polar surface area (TPSA) is 67.7 Å². The number of imidazole rings is 1. The Bertz CT molecular complexity index is 866. The summed E-state index contributed by atoms with van der Waals surface area (Å²) in [5, 5.41) is 0. The molecule has 0 radical (unpaired) electrons. The predicted octanol–water partition coefficient (Wildman–Crippen LogP) is 1.60. The maximum atomic E-state index is 13.2. The van der Waals surface area contributed by atoms with Gasteiger partial charge < -0.3 is 19.1 Å². The van der Waals surface area contributed by atoms with Crippen LogP contribution in [0.15, 0.2) is 36.8 Å². The number of hydrogen-bond acceptors (Lipinski definition) is 4. The summed E-state index contributed by atoms with van der Waals surface area (Å²) in [4.78, 5) is 32.6. The number of aromatic nitrogens is 2. The van der Waals surface area contributed by atoms with Crippen molar-refractivity contribution in [3.8, 4) is 0 Å². The van der Waals surface area contributed by atoms with Crippen molar-refractivity contribution in [2.24, 2.45) is 7.05 Å². The first-order valence-electron chi connectivity index (χ1n) is 8.93. The molecule has 1 aromatic carbocycles. The van der Waals surface area contributed by atoms with Crippen molar-refractivity contribution in [2.45, 2.75) is 18.4 Å². The molecule has 2 fully saturated rings. The first-order chi connectivity index (χ1) is 13.0. The lowest BCUT2D eigenvalue weighted by molar-refractivity contribution is -0.144. The van der Waals surface area contributed by atoms with Gasteiger partial charge in [-0.3, -0.25) is 9.59 Å². The number of halogens is 1. The van der Waals surface area contributed by atoms with Crippen molar-refractivity contribution in [1.29, 1.82) is 0 Å². The Morgan fingerprint density at radius 3 is 2.74 bits per heavy atom. The quantitative estimate of drug-likeness (QED) is 0.803. The van der Waals surface area contributed by atoms with Crippen molar-refractivity contribution in [3.63, 3.8) is 0 Å². The number of morpholine rings is 1. The lowest BCUT2D eigenvalue weighted by Gasteiger charge is -2.47. The number of amides is 2. The second kappa shape index (κ2) is 6.77. The van der Waals surface area contributed by atoms with Gasteiger partial charge in [0.2, 0.25) is 0 Å². The third-order valence-electron chi connectivity index (χ3n) is 5.14. The molecule has 1 unspecified atom stereocenters. The smallest absolute Gasteiger partial charge is 0.274 e. The molecule has 27 heavy (non-hydrogen) atoms. The fraction of sp³-hybridized carbons (Fsp3) is 0.421. The van der Waals surface area contributed by atoms with E-state index in [0.717, 1.165) is 12.8 Å². The van der Waals surface area contributed by atoms with E-state index in [1.807, 2.05) is 7.05 Å². The Balaban J connectivity index is 1.54. The monoisotopic (exact) mass is 372 g/mol. The summed E-state index contributed by atoms with van der Waals surface area (Å²) in [6.07, 6.45) is 4.83. The lowest BCUT2D eigenvalue weighted by Crippen LogP contribution is -2.62. The van der Waals surface area contributed by atoms with Gasteiger partial charge >= 0.3 is 0 Å². The van der Waals surface area contributed by atoms with E-state index in [1.54, 1.807) is 39.0 Å². The standard InChI is InChI=1S/C19H21FN4O3/c1-22-9-16(21-13-22)18(26)23-8-2-7-19(11-23)12-24(17(25)10-27-19)15-5-3-14(20)4-6-15/h3-6,9,13H,2,7-8,10-12H2,1H3. The molecule has 0 bridgehead atoms. The van der Waals surface area contributed by atoms with Gasteiger partial charge in [0.25, 0.3) is 11.8 Å².